The van der Waals surface area contributed by atoms with Crippen molar-refractivity contribution in [1.29, 1.82) is 0 Å². The van der Waals surface area contributed by atoms with Gasteiger partial charge >= 0.3 is 0 Å². The molecule has 0 spiro atoms. The first-order valence-corrected chi connectivity index (χ1v) is 12.9. The van der Waals surface area contributed by atoms with E-state index >= 15 is 0 Å². The van der Waals surface area contributed by atoms with Gasteiger partial charge in [-0.25, -0.2) is 17.7 Å². The van der Waals surface area contributed by atoms with Crippen molar-refractivity contribution in [2.24, 2.45) is 0 Å². The van der Waals surface area contributed by atoms with Crippen LogP contribution in [0.4, 0.5) is 16.5 Å². The molecule has 33 heavy (non-hydrogen) atoms. The molecule has 0 aliphatic rings. The van der Waals surface area contributed by atoms with Gasteiger partial charge in [-0.1, -0.05) is 24.3 Å². The van der Waals surface area contributed by atoms with Crippen molar-refractivity contribution < 1.29 is 18.0 Å². The van der Waals surface area contributed by atoms with Crippen molar-refractivity contribution in [2.45, 2.75) is 4.90 Å². The summed E-state index contributed by atoms with van der Waals surface area (Å²) in [5.41, 5.74) is 1.03. The van der Waals surface area contributed by atoms with Crippen molar-refractivity contribution in [3.63, 3.8) is 0 Å². The molecule has 0 radical (unpaired) electrons. The largest absolute Gasteiger partial charge is 0.325 e. The second kappa shape index (κ2) is 9.94. The van der Waals surface area contributed by atoms with Gasteiger partial charge in [0.15, 0.2) is 5.13 Å². The first-order chi connectivity index (χ1) is 15.9. The van der Waals surface area contributed by atoms with Gasteiger partial charge in [0.1, 0.15) is 6.54 Å². The monoisotopic (exact) mass is 498 g/mol. The molecule has 4 rings (SSSR count). The molecule has 168 valence electrons. The standard InChI is InChI=1S/C22H18N4O4S3/c27-20(24-16-8-10-17(11-9-16)25-21(28)19-7-4-13-31-19)15-26(22-23-12-14-32-22)33(29,30)18-5-2-1-3-6-18/h1-14H,15H2,(H,24,27)(H,25,28). The first-order valence-electron chi connectivity index (χ1n) is 9.65. The number of thiazole rings is 1. The van der Waals surface area contributed by atoms with Crippen LogP contribution in [0.25, 0.3) is 0 Å². The Bertz CT molecular complexity index is 1320. The minimum absolute atomic E-state index is 0.0684. The Morgan fingerprint density at radius 1 is 0.848 bits per heavy atom. The molecule has 0 bridgehead atoms. The fraction of sp³-hybridized carbons (Fsp3) is 0.0455. The number of carbonyl (C=O) groups excluding carboxylic acids is 2. The maximum absolute atomic E-state index is 13.1. The number of hydrogen-bond acceptors (Lipinski definition) is 7. The van der Waals surface area contributed by atoms with E-state index in [2.05, 4.69) is 15.6 Å². The molecule has 2 heterocycles. The third-order valence-corrected chi connectivity index (χ3v) is 7.95. The molecule has 2 aromatic carbocycles. The maximum Gasteiger partial charge on any atom is 0.266 e. The van der Waals surface area contributed by atoms with E-state index in [1.54, 1.807) is 60.0 Å². The lowest BCUT2D eigenvalue weighted by Crippen LogP contribution is -2.38. The summed E-state index contributed by atoms with van der Waals surface area (Å²) in [5.74, 6) is -0.743. The van der Waals surface area contributed by atoms with Crippen molar-refractivity contribution in [2.75, 3.05) is 21.5 Å². The fourth-order valence-corrected chi connectivity index (χ4v) is 5.77. The Kier molecular flexibility index (Phi) is 6.82. The number of anilines is 3. The van der Waals surface area contributed by atoms with Gasteiger partial charge in [0, 0.05) is 23.0 Å². The zero-order chi connectivity index (χ0) is 23.3. The normalized spacial score (nSPS) is 11.0. The number of amides is 2. The summed E-state index contributed by atoms with van der Waals surface area (Å²) in [6, 6.07) is 18.0. The molecule has 0 fully saturated rings. The highest BCUT2D eigenvalue weighted by Crippen LogP contribution is 2.25. The van der Waals surface area contributed by atoms with Gasteiger partial charge in [-0.05, 0) is 47.8 Å². The Labute approximate surface area is 198 Å². The SMILES string of the molecule is O=C(CN(c1nccs1)S(=O)(=O)c1ccccc1)Nc1ccc(NC(=O)c2cccs2)cc1. The first kappa shape index (κ1) is 22.6. The second-order valence-corrected chi connectivity index (χ2v) is 10.4. The molecule has 8 nitrogen and oxygen atoms in total. The average molecular weight is 499 g/mol. The fourth-order valence-electron chi connectivity index (χ4n) is 2.88. The minimum atomic E-state index is -3.98. The topological polar surface area (TPSA) is 108 Å². The average Bonchev–Trinajstić information content (AvgIpc) is 3.54. The molecule has 2 N–H and O–H groups in total. The molecule has 2 aromatic heterocycles. The van der Waals surface area contributed by atoms with E-state index in [1.807, 2.05) is 5.38 Å². The summed E-state index contributed by atoms with van der Waals surface area (Å²) < 4.78 is 27.3. The summed E-state index contributed by atoms with van der Waals surface area (Å²) in [7, 11) is -3.98. The zero-order valence-corrected chi connectivity index (χ0v) is 19.5. The van der Waals surface area contributed by atoms with Gasteiger partial charge < -0.3 is 10.6 Å². The van der Waals surface area contributed by atoms with Gasteiger partial charge in [-0.2, -0.15) is 0 Å². The van der Waals surface area contributed by atoms with Crippen molar-refractivity contribution in [3.8, 4) is 0 Å². The number of hydrogen-bond donors (Lipinski definition) is 2. The number of nitrogens with one attached hydrogen (secondary N) is 2. The molecular weight excluding hydrogens is 480 g/mol. The van der Waals surface area contributed by atoms with E-state index in [0.29, 0.717) is 16.3 Å². The van der Waals surface area contributed by atoms with Crippen molar-refractivity contribution >= 4 is 61.0 Å². The highest BCUT2D eigenvalue weighted by molar-refractivity contribution is 7.93. The number of rotatable bonds is 8. The lowest BCUT2D eigenvalue weighted by molar-refractivity contribution is -0.114. The van der Waals surface area contributed by atoms with Crippen LogP contribution in [0, 0.1) is 0 Å². The van der Waals surface area contributed by atoms with Gasteiger partial charge in [0.25, 0.3) is 15.9 Å². The van der Waals surface area contributed by atoms with E-state index in [9.17, 15) is 18.0 Å². The van der Waals surface area contributed by atoms with E-state index in [4.69, 9.17) is 0 Å². The van der Waals surface area contributed by atoms with Crippen LogP contribution in [0.3, 0.4) is 0 Å². The van der Waals surface area contributed by atoms with Crippen molar-refractivity contribution in [1.82, 2.24) is 4.98 Å². The smallest absolute Gasteiger partial charge is 0.266 e. The van der Waals surface area contributed by atoms with Crippen LogP contribution in [0.2, 0.25) is 0 Å². The Hall–Kier alpha value is -3.54. The summed E-state index contributed by atoms with van der Waals surface area (Å²) in [6.07, 6.45) is 1.48. The van der Waals surface area contributed by atoms with Gasteiger partial charge in [-0.3, -0.25) is 9.59 Å². The Morgan fingerprint density at radius 3 is 2.15 bits per heavy atom. The van der Waals surface area contributed by atoms with E-state index in [0.717, 1.165) is 15.6 Å². The number of nitrogens with zero attached hydrogens (tertiary/aromatic N) is 2. The summed E-state index contributed by atoms with van der Waals surface area (Å²) in [5, 5.41) is 9.12. The quantitative estimate of drug-likeness (QED) is 0.377. The van der Waals surface area contributed by atoms with Crippen molar-refractivity contribution in [3.05, 3.63) is 88.6 Å². The molecule has 0 unspecified atom stereocenters. The van der Waals surface area contributed by atoms with Crippen LogP contribution in [0.5, 0.6) is 0 Å². The molecule has 0 saturated carbocycles. The summed E-state index contributed by atoms with van der Waals surface area (Å²) in [4.78, 5) is 29.6. The highest BCUT2D eigenvalue weighted by Gasteiger charge is 2.28. The van der Waals surface area contributed by atoms with E-state index < -0.39 is 22.5 Å². The molecule has 2 amide bonds. The minimum Gasteiger partial charge on any atom is -0.325 e. The van der Waals surface area contributed by atoms with Gasteiger partial charge in [-0.15, -0.1) is 22.7 Å². The molecule has 0 saturated heterocycles. The molecule has 0 aliphatic carbocycles. The predicted octanol–water partition coefficient (Wildman–Crippen LogP) is 4.29. The number of sulfonamides is 1. The molecular formula is C22H18N4O4S3. The highest BCUT2D eigenvalue weighted by atomic mass is 32.2. The van der Waals surface area contributed by atoms with Crippen LogP contribution < -0.4 is 14.9 Å². The molecule has 0 atom stereocenters. The Balaban J connectivity index is 1.45. The number of thiophene rings is 1. The van der Waals surface area contributed by atoms with Gasteiger partial charge in [0.2, 0.25) is 5.91 Å². The molecule has 0 aliphatic heterocycles. The lowest BCUT2D eigenvalue weighted by atomic mass is 10.2. The van der Waals surface area contributed by atoms with E-state index in [-0.39, 0.29) is 15.9 Å². The number of carbonyl (C=O) groups is 2. The number of aromatic nitrogens is 1. The molecule has 4 aromatic rings. The van der Waals surface area contributed by atoms with E-state index in [1.165, 1.54) is 29.7 Å². The third kappa shape index (κ3) is 5.45. The van der Waals surface area contributed by atoms with Crippen LogP contribution in [0.15, 0.2) is 88.6 Å². The Morgan fingerprint density at radius 2 is 1.55 bits per heavy atom. The van der Waals surface area contributed by atoms with Crippen LogP contribution in [-0.4, -0.2) is 31.8 Å². The van der Waals surface area contributed by atoms with Gasteiger partial charge in [0.05, 0.1) is 9.77 Å². The second-order valence-electron chi connectivity index (χ2n) is 6.70. The zero-order valence-electron chi connectivity index (χ0n) is 17.0. The third-order valence-electron chi connectivity index (χ3n) is 4.42. The van der Waals surface area contributed by atoms with Crippen LogP contribution in [0.1, 0.15) is 9.67 Å². The number of benzene rings is 2. The maximum atomic E-state index is 13.1. The van der Waals surface area contributed by atoms with Crippen LogP contribution >= 0.6 is 22.7 Å². The molecule has 11 heteroatoms. The van der Waals surface area contributed by atoms with Crippen LogP contribution in [-0.2, 0) is 14.8 Å². The summed E-state index contributed by atoms with van der Waals surface area (Å²) >= 11 is 2.46. The summed E-state index contributed by atoms with van der Waals surface area (Å²) in [6.45, 7) is -0.443. The lowest BCUT2D eigenvalue weighted by Gasteiger charge is -2.21. The predicted molar refractivity (Wildman–Crippen MR) is 130 cm³/mol.